The van der Waals surface area contributed by atoms with Crippen molar-refractivity contribution < 1.29 is 5.11 Å². The second-order valence-corrected chi connectivity index (χ2v) is 5.42. The monoisotopic (exact) mass is 228 g/mol. The molecule has 1 saturated heterocycles. The summed E-state index contributed by atoms with van der Waals surface area (Å²) >= 11 is 0. The van der Waals surface area contributed by atoms with Crippen LogP contribution in [0.1, 0.15) is 40.0 Å². The maximum atomic E-state index is 9.15. The molecule has 0 saturated carbocycles. The summed E-state index contributed by atoms with van der Waals surface area (Å²) in [5.41, 5.74) is 0. The van der Waals surface area contributed by atoms with Crippen molar-refractivity contribution in [3.63, 3.8) is 0 Å². The third-order valence-corrected chi connectivity index (χ3v) is 3.40. The van der Waals surface area contributed by atoms with Crippen LogP contribution in [-0.2, 0) is 0 Å². The Morgan fingerprint density at radius 1 is 1.31 bits per heavy atom. The lowest BCUT2D eigenvalue weighted by Crippen LogP contribution is -2.47. The molecular weight excluding hydrogens is 200 g/mol. The van der Waals surface area contributed by atoms with Crippen molar-refractivity contribution in [2.75, 3.05) is 26.2 Å². The summed E-state index contributed by atoms with van der Waals surface area (Å²) in [4.78, 5) is 2.56. The van der Waals surface area contributed by atoms with Crippen LogP contribution < -0.4 is 5.32 Å². The predicted molar refractivity (Wildman–Crippen MR) is 68.6 cm³/mol. The Hall–Kier alpha value is -0.120. The van der Waals surface area contributed by atoms with Gasteiger partial charge < -0.3 is 15.3 Å². The molecule has 1 atom stereocenters. The zero-order valence-electron chi connectivity index (χ0n) is 11.1. The lowest BCUT2D eigenvalue weighted by Gasteiger charge is -2.34. The van der Waals surface area contributed by atoms with Gasteiger partial charge in [-0.05, 0) is 38.3 Å². The lowest BCUT2D eigenvalue weighted by molar-refractivity contribution is 0.159. The topological polar surface area (TPSA) is 35.5 Å². The van der Waals surface area contributed by atoms with E-state index in [1.54, 1.807) is 0 Å². The van der Waals surface area contributed by atoms with Crippen molar-refractivity contribution in [2.24, 2.45) is 5.92 Å². The number of likely N-dealkylation sites (tertiary alicyclic amines) is 1. The zero-order chi connectivity index (χ0) is 12.0. The highest BCUT2D eigenvalue weighted by atomic mass is 16.3. The van der Waals surface area contributed by atoms with E-state index in [0.717, 1.165) is 12.3 Å². The minimum absolute atomic E-state index is 0.267. The fourth-order valence-electron chi connectivity index (χ4n) is 2.43. The Labute approximate surface area is 100 Å². The largest absolute Gasteiger partial charge is 0.395 e. The second-order valence-electron chi connectivity index (χ2n) is 5.42. The molecule has 0 amide bonds. The zero-order valence-corrected chi connectivity index (χ0v) is 11.1. The molecule has 0 bridgehead atoms. The van der Waals surface area contributed by atoms with Crippen LogP contribution in [0.3, 0.4) is 0 Å². The van der Waals surface area contributed by atoms with Crippen molar-refractivity contribution in [3.8, 4) is 0 Å². The first kappa shape index (κ1) is 13.9. The number of aliphatic hydroxyl groups excluding tert-OH is 1. The number of nitrogens with one attached hydrogen (secondary N) is 1. The summed E-state index contributed by atoms with van der Waals surface area (Å²) in [6, 6.07) is 0.905. The quantitative estimate of drug-likeness (QED) is 0.722. The van der Waals surface area contributed by atoms with Gasteiger partial charge in [-0.3, -0.25) is 0 Å². The molecule has 1 aliphatic rings. The van der Waals surface area contributed by atoms with Gasteiger partial charge in [-0.25, -0.2) is 0 Å². The number of nitrogens with zero attached hydrogens (tertiary/aromatic N) is 1. The van der Waals surface area contributed by atoms with Crippen LogP contribution in [0.5, 0.6) is 0 Å². The van der Waals surface area contributed by atoms with Gasteiger partial charge in [-0.2, -0.15) is 0 Å². The van der Waals surface area contributed by atoms with Crippen LogP contribution in [0.2, 0.25) is 0 Å². The van der Waals surface area contributed by atoms with Crippen LogP contribution in [0.25, 0.3) is 0 Å². The maximum absolute atomic E-state index is 9.15. The first-order valence-corrected chi connectivity index (χ1v) is 6.75. The van der Waals surface area contributed by atoms with E-state index in [1.165, 1.54) is 32.5 Å². The number of piperidine rings is 1. The summed E-state index contributed by atoms with van der Waals surface area (Å²) in [5.74, 6) is 0.769. The SMILES string of the molecule is CC[C@@H](CO)NC1CCN(CC(C)C)CC1. The van der Waals surface area contributed by atoms with Gasteiger partial charge in [-0.15, -0.1) is 0 Å². The third-order valence-electron chi connectivity index (χ3n) is 3.40. The van der Waals surface area contributed by atoms with E-state index in [2.05, 4.69) is 31.0 Å². The highest BCUT2D eigenvalue weighted by Crippen LogP contribution is 2.13. The van der Waals surface area contributed by atoms with Gasteiger partial charge in [-0.1, -0.05) is 20.8 Å². The molecule has 1 heterocycles. The molecule has 96 valence electrons. The van der Waals surface area contributed by atoms with Crippen LogP contribution in [0, 0.1) is 5.92 Å². The molecule has 1 rings (SSSR count). The molecule has 0 aromatic rings. The Bertz CT molecular complexity index is 173. The molecule has 1 aliphatic heterocycles. The third kappa shape index (κ3) is 4.81. The van der Waals surface area contributed by atoms with Gasteiger partial charge >= 0.3 is 0 Å². The van der Waals surface area contributed by atoms with E-state index >= 15 is 0 Å². The number of hydrogen-bond acceptors (Lipinski definition) is 3. The summed E-state index contributed by atoms with van der Waals surface area (Å²) in [6.45, 7) is 10.6. The lowest BCUT2D eigenvalue weighted by atomic mass is 10.0. The average molecular weight is 228 g/mol. The predicted octanol–water partition coefficient (Wildman–Crippen LogP) is 1.47. The van der Waals surface area contributed by atoms with Crippen molar-refractivity contribution >= 4 is 0 Å². The van der Waals surface area contributed by atoms with Crippen LogP contribution in [0.4, 0.5) is 0 Å². The van der Waals surface area contributed by atoms with Crippen LogP contribution in [0.15, 0.2) is 0 Å². The average Bonchev–Trinajstić information content (AvgIpc) is 2.27. The minimum Gasteiger partial charge on any atom is -0.395 e. The minimum atomic E-state index is 0.267. The standard InChI is InChI=1S/C13H28N2O/c1-4-12(10-16)14-13-5-7-15(8-6-13)9-11(2)3/h11-14,16H,4-10H2,1-3H3/t12-/m0/s1. The molecule has 0 aromatic carbocycles. The van der Waals surface area contributed by atoms with Gasteiger partial charge in [0.25, 0.3) is 0 Å². The Kier molecular flexibility index (Phi) is 6.32. The molecule has 3 heteroatoms. The summed E-state index contributed by atoms with van der Waals surface area (Å²) in [5, 5.41) is 12.7. The van der Waals surface area contributed by atoms with E-state index in [4.69, 9.17) is 5.11 Å². The normalized spacial score (nSPS) is 21.6. The first-order valence-electron chi connectivity index (χ1n) is 6.75. The summed E-state index contributed by atoms with van der Waals surface area (Å²) in [6.07, 6.45) is 3.47. The van der Waals surface area contributed by atoms with Crippen molar-refractivity contribution in [1.29, 1.82) is 0 Å². The first-order chi connectivity index (χ1) is 7.65. The van der Waals surface area contributed by atoms with Crippen LogP contribution >= 0.6 is 0 Å². The smallest absolute Gasteiger partial charge is 0.0584 e. The molecular formula is C13H28N2O. The van der Waals surface area contributed by atoms with Crippen molar-refractivity contribution in [2.45, 2.75) is 52.1 Å². The van der Waals surface area contributed by atoms with Gasteiger partial charge in [0.05, 0.1) is 6.61 Å². The van der Waals surface area contributed by atoms with Crippen LogP contribution in [-0.4, -0.2) is 48.3 Å². The molecule has 0 aromatic heterocycles. The van der Waals surface area contributed by atoms with Gasteiger partial charge in [0, 0.05) is 18.6 Å². The van der Waals surface area contributed by atoms with E-state index in [9.17, 15) is 0 Å². The fraction of sp³-hybridized carbons (Fsp3) is 1.00. The fourth-order valence-corrected chi connectivity index (χ4v) is 2.43. The number of rotatable bonds is 6. The second kappa shape index (κ2) is 7.25. The highest BCUT2D eigenvalue weighted by Gasteiger charge is 2.20. The highest BCUT2D eigenvalue weighted by molar-refractivity contribution is 4.80. The van der Waals surface area contributed by atoms with Gasteiger partial charge in [0.2, 0.25) is 0 Å². The molecule has 0 aliphatic carbocycles. The molecule has 0 unspecified atom stereocenters. The van der Waals surface area contributed by atoms with E-state index in [-0.39, 0.29) is 6.61 Å². The maximum Gasteiger partial charge on any atom is 0.0584 e. The van der Waals surface area contributed by atoms with Crippen molar-refractivity contribution in [1.82, 2.24) is 10.2 Å². The Balaban J connectivity index is 2.21. The molecule has 1 fully saturated rings. The number of aliphatic hydroxyl groups is 1. The molecule has 0 radical (unpaired) electrons. The summed E-state index contributed by atoms with van der Waals surface area (Å²) < 4.78 is 0. The van der Waals surface area contributed by atoms with Gasteiger partial charge in [0.1, 0.15) is 0 Å². The van der Waals surface area contributed by atoms with E-state index < -0.39 is 0 Å². The van der Waals surface area contributed by atoms with E-state index in [0.29, 0.717) is 12.1 Å². The van der Waals surface area contributed by atoms with Gasteiger partial charge in [0.15, 0.2) is 0 Å². The molecule has 16 heavy (non-hydrogen) atoms. The number of hydrogen-bond donors (Lipinski definition) is 2. The summed E-state index contributed by atoms with van der Waals surface area (Å²) in [7, 11) is 0. The van der Waals surface area contributed by atoms with Crippen molar-refractivity contribution in [3.05, 3.63) is 0 Å². The molecule has 3 nitrogen and oxygen atoms in total. The molecule has 0 spiro atoms. The Morgan fingerprint density at radius 3 is 2.38 bits per heavy atom. The molecule has 2 N–H and O–H groups in total. The van der Waals surface area contributed by atoms with E-state index in [1.807, 2.05) is 0 Å². The Morgan fingerprint density at radius 2 is 1.94 bits per heavy atom.